The molecule has 0 aliphatic rings. The molecule has 0 atom stereocenters. The summed E-state index contributed by atoms with van der Waals surface area (Å²) in [5, 5.41) is 7.81. The number of nitrogens with one attached hydrogen (secondary N) is 2. The number of aryl methyl sites for hydroxylation is 3. The van der Waals surface area contributed by atoms with E-state index in [0.29, 0.717) is 6.61 Å². The van der Waals surface area contributed by atoms with Gasteiger partial charge in [-0.25, -0.2) is 4.98 Å². The highest BCUT2D eigenvalue weighted by atomic mass is 127. The summed E-state index contributed by atoms with van der Waals surface area (Å²) in [7, 11) is 1.79. The van der Waals surface area contributed by atoms with Gasteiger partial charge in [0.1, 0.15) is 5.75 Å². The molecule has 2 N–H and O–H groups in total. The van der Waals surface area contributed by atoms with Crippen molar-refractivity contribution in [3.63, 3.8) is 0 Å². The fourth-order valence-electron chi connectivity index (χ4n) is 2.26. The lowest BCUT2D eigenvalue weighted by molar-refractivity contribution is 0.311. The van der Waals surface area contributed by atoms with Crippen LogP contribution in [0.4, 0.5) is 0 Å². The first-order valence-corrected chi connectivity index (χ1v) is 9.47. The van der Waals surface area contributed by atoms with Crippen molar-refractivity contribution in [2.45, 2.75) is 33.6 Å². The second-order valence-corrected chi connectivity index (χ2v) is 7.23. The number of aliphatic imine (C=N–C) groups is 1. The van der Waals surface area contributed by atoms with Crippen LogP contribution in [0, 0.1) is 20.8 Å². The molecule has 7 heteroatoms. The van der Waals surface area contributed by atoms with E-state index in [0.717, 1.165) is 43.3 Å². The fourth-order valence-corrected chi connectivity index (χ4v) is 3.19. The molecule has 0 radical (unpaired) electrons. The van der Waals surface area contributed by atoms with Gasteiger partial charge in [0.2, 0.25) is 0 Å². The minimum atomic E-state index is 0. The number of guanidine groups is 1. The summed E-state index contributed by atoms with van der Waals surface area (Å²) in [6.07, 6.45) is 1.83. The lowest BCUT2D eigenvalue weighted by atomic mass is 10.2. The summed E-state index contributed by atoms with van der Waals surface area (Å²) in [6, 6.07) is 8.13. The molecule has 0 amide bonds. The van der Waals surface area contributed by atoms with Crippen LogP contribution in [0.5, 0.6) is 5.75 Å². The molecule has 2 rings (SSSR count). The van der Waals surface area contributed by atoms with Gasteiger partial charge in [-0.15, -0.1) is 35.3 Å². The average Bonchev–Trinajstić information content (AvgIpc) is 2.92. The zero-order valence-electron chi connectivity index (χ0n) is 16.0. The van der Waals surface area contributed by atoms with Gasteiger partial charge in [-0.3, -0.25) is 4.99 Å². The molecule has 0 bridgehead atoms. The first-order chi connectivity index (χ1) is 12.1. The van der Waals surface area contributed by atoms with E-state index in [1.165, 1.54) is 15.4 Å². The van der Waals surface area contributed by atoms with Crippen LogP contribution in [-0.4, -0.2) is 37.7 Å². The van der Waals surface area contributed by atoms with Gasteiger partial charge in [0.25, 0.3) is 0 Å². The normalized spacial score (nSPS) is 11.0. The summed E-state index contributed by atoms with van der Waals surface area (Å²) in [5.74, 6) is 1.74. The molecule has 2 aromatic rings. The molecule has 0 aliphatic carbocycles. The van der Waals surface area contributed by atoms with Gasteiger partial charge in [0, 0.05) is 31.4 Å². The maximum absolute atomic E-state index is 5.72. The Morgan fingerprint density at radius 1 is 1.12 bits per heavy atom. The minimum absolute atomic E-state index is 0. The Hall–Kier alpha value is -1.35. The smallest absolute Gasteiger partial charge is 0.190 e. The molecule has 0 saturated heterocycles. The summed E-state index contributed by atoms with van der Waals surface area (Å²) in [5.41, 5.74) is 2.38. The summed E-state index contributed by atoms with van der Waals surface area (Å²) in [4.78, 5) is 10.1. The quantitative estimate of drug-likeness (QED) is 0.257. The van der Waals surface area contributed by atoms with Crippen molar-refractivity contribution in [3.05, 3.63) is 45.4 Å². The zero-order chi connectivity index (χ0) is 18.1. The van der Waals surface area contributed by atoms with Crippen LogP contribution < -0.4 is 15.4 Å². The van der Waals surface area contributed by atoms with Crippen molar-refractivity contribution >= 4 is 41.3 Å². The molecular weight excluding hydrogens is 459 g/mol. The van der Waals surface area contributed by atoms with Gasteiger partial charge >= 0.3 is 0 Å². The van der Waals surface area contributed by atoms with Crippen LogP contribution in [0.1, 0.15) is 27.6 Å². The molecular formula is C19H29IN4OS. The summed E-state index contributed by atoms with van der Waals surface area (Å²) in [6.45, 7) is 8.58. The van der Waals surface area contributed by atoms with E-state index < -0.39 is 0 Å². The van der Waals surface area contributed by atoms with E-state index in [4.69, 9.17) is 4.74 Å². The van der Waals surface area contributed by atoms with E-state index in [2.05, 4.69) is 53.5 Å². The number of hydrogen-bond acceptors (Lipinski definition) is 4. The number of aromatic nitrogens is 1. The Balaban J connectivity index is 0.00000338. The van der Waals surface area contributed by atoms with Crippen LogP contribution in [-0.2, 0) is 6.42 Å². The highest BCUT2D eigenvalue weighted by molar-refractivity contribution is 14.0. The van der Waals surface area contributed by atoms with Crippen LogP contribution in [0.3, 0.4) is 0 Å². The maximum Gasteiger partial charge on any atom is 0.190 e. The maximum atomic E-state index is 5.72. The average molecular weight is 488 g/mol. The van der Waals surface area contributed by atoms with Gasteiger partial charge < -0.3 is 15.4 Å². The van der Waals surface area contributed by atoms with Crippen LogP contribution in [0.15, 0.2) is 29.3 Å². The van der Waals surface area contributed by atoms with E-state index in [1.807, 2.05) is 12.1 Å². The first kappa shape index (κ1) is 22.7. The second kappa shape index (κ2) is 12.1. The summed E-state index contributed by atoms with van der Waals surface area (Å²) < 4.78 is 5.72. The van der Waals surface area contributed by atoms with Crippen molar-refractivity contribution in [2.24, 2.45) is 4.99 Å². The van der Waals surface area contributed by atoms with Crippen LogP contribution >= 0.6 is 35.3 Å². The van der Waals surface area contributed by atoms with Gasteiger partial charge in [0.15, 0.2) is 5.96 Å². The van der Waals surface area contributed by atoms with Crippen molar-refractivity contribution in [2.75, 3.05) is 26.7 Å². The van der Waals surface area contributed by atoms with E-state index in [1.54, 1.807) is 18.4 Å². The Labute approximate surface area is 177 Å². The van der Waals surface area contributed by atoms with Crippen molar-refractivity contribution < 1.29 is 4.74 Å². The Bertz CT molecular complexity index is 666. The molecule has 0 aliphatic heterocycles. The highest BCUT2D eigenvalue weighted by Crippen LogP contribution is 2.16. The number of nitrogens with zero attached hydrogens (tertiary/aromatic N) is 2. The van der Waals surface area contributed by atoms with E-state index >= 15 is 0 Å². The van der Waals surface area contributed by atoms with Gasteiger partial charge in [-0.2, -0.15) is 0 Å². The Morgan fingerprint density at radius 3 is 2.42 bits per heavy atom. The third-order valence-electron chi connectivity index (χ3n) is 3.83. The summed E-state index contributed by atoms with van der Waals surface area (Å²) >= 11 is 1.77. The number of benzene rings is 1. The predicted molar refractivity (Wildman–Crippen MR) is 121 cm³/mol. The molecule has 1 aromatic carbocycles. The SMILES string of the molecule is CN=C(NCCCOc1ccc(C)cc1)NCCc1nc(C)c(C)s1.I. The monoisotopic (exact) mass is 488 g/mol. The third kappa shape index (κ3) is 7.90. The molecule has 0 fully saturated rings. The number of rotatable bonds is 8. The highest BCUT2D eigenvalue weighted by Gasteiger charge is 2.04. The van der Waals surface area contributed by atoms with Crippen molar-refractivity contribution in [1.82, 2.24) is 15.6 Å². The van der Waals surface area contributed by atoms with Gasteiger partial charge in [0.05, 0.1) is 17.3 Å². The van der Waals surface area contributed by atoms with Crippen molar-refractivity contribution in [3.8, 4) is 5.75 Å². The molecule has 0 unspecified atom stereocenters. The number of thiazole rings is 1. The van der Waals surface area contributed by atoms with Crippen LogP contribution in [0.2, 0.25) is 0 Å². The molecule has 1 aromatic heterocycles. The molecule has 1 heterocycles. The molecule has 0 saturated carbocycles. The zero-order valence-corrected chi connectivity index (χ0v) is 19.1. The second-order valence-electron chi connectivity index (χ2n) is 5.94. The van der Waals surface area contributed by atoms with Gasteiger partial charge in [-0.1, -0.05) is 17.7 Å². The largest absolute Gasteiger partial charge is 0.494 e. The van der Waals surface area contributed by atoms with Crippen molar-refractivity contribution in [1.29, 1.82) is 0 Å². The van der Waals surface area contributed by atoms with E-state index in [9.17, 15) is 0 Å². The van der Waals surface area contributed by atoms with E-state index in [-0.39, 0.29) is 24.0 Å². The predicted octanol–water partition coefficient (Wildman–Crippen LogP) is 3.86. The van der Waals surface area contributed by atoms with Crippen LogP contribution in [0.25, 0.3) is 0 Å². The standard InChI is InChI=1S/C19H28N4OS.HI/c1-14-6-8-17(9-7-14)24-13-5-11-21-19(20-4)22-12-10-18-23-15(2)16(3)25-18;/h6-9H,5,10-13H2,1-4H3,(H2,20,21,22);1H. The fraction of sp³-hybridized carbons (Fsp3) is 0.474. The minimum Gasteiger partial charge on any atom is -0.494 e. The molecule has 26 heavy (non-hydrogen) atoms. The lowest BCUT2D eigenvalue weighted by Crippen LogP contribution is -2.39. The lowest BCUT2D eigenvalue weighted by Gasteiger charge is -2.12. The Kier molecular flexibility index (Phi) is 10.6. The Morgan fingerprint density at radius 2 is 1.81 bits per heavy atom. The number of hydrogen-bond donors (Lipinski definition) is 2. The number of ether oxygens (including phenoxy) is 1. The molecule has 5 nitrogen and oxygen atoms in total. The molecule has 0 spiro atoms. The topological polar surface area (TPSA) is 58.5 Å². The third-order valence-corrected chi connectivity index (χ3v) is 4.96. The first-order valence-electron chi connectivity index (χ1n) is 8.65. The van der Waals surface area contributed by atoms with Gasteiger partial charge in [-0.05, 0) is 39.3 Å². The number of halogens is 1. The molecule has 144 valence electrons.